The molecule has 1 aliphatic heterocycles. The third kappa shape index (κ3) is 4.69. The highest BCUT2D eigenvalue weighted by Crippen LogP contribution is 2.26. The molecule has 0 bridgehead atoms. The maximum atomic E-state index is 13.3. The normalized spacial score (nSPS) is 19.6. The molecule has 2 aromatic rings. The summed E-state index contributed by atoms with van der Waals surface area (Å²) in [6.45, 7) is 5.64. The Morgan fingerprint density at radius 3 is 2.66 bits per heavy atom. The lowest BCUT2D eigenvalue weighted by molar-refractivity contribution is 0.0753. The second-order valence-electron chi connectivity index (χ2n) is 8.30. The zero-order valence-corrected chi connectivity index (χ0v) is 17.6. The molecule has 2 aromatic heterocycles. The number of aryl methyl sites for hydroxylation is 1. The highest BCUT2D eigenvalue weighted by Gasteiger charge is 2.30. The lowest BCUT2D eigenvalue weighted by Gasteiger charge is -2.25. The number of hydrogen-bond acceptors (Lipinski definition) is 4. The average Bonchev–Trinajstić information content (AvgIpc) is 2.92. The van der Waals surface area contributed by atoms with E-state index in [-0.39, 0.29) is 5.91 Å². The van der Waals surface area contributed by atoms with Gasteiger partial charge in [-0.2, -0.15) is 5.10 Å². The van der Waals surface area contributed by atoms with Crippen LogP contribution in [0.3, 0.4) is 0 Å². The Morgan fingerprint density at radius 1 is 1.17 bits per heavy atom. The topological polar surface area (TPSA) is 63.1 Å². The summed E-state index contributed by atoms with van der Waals surface area (Å²) >= 11 is 0. The molecule has 29 heavy (non-hydrogen) atoms. The Morgan fingerprint density at radius 2 is 1.93 bits per heavy atom. The maximum Gasteiger partial charge on any atom is 0.274 e. The van der Waals surface area contributed by atoms with Gasteiger partial charge in [-0.25, -0.2) is 0 Å². The van der Waals surface area contributed by atoms with E-state index in [1.807, 2.05) is 17.3 Å². The molecule has 0 aromatic carbocycles. The smallest absolute Gasteiger partial charge is 0.274 e. The molecule has 4 rings (SSSR count). The van der Waals surface area contributed by atoms with Gasteiger partial charge in [0.2, 0.25) is 0 Å². The van der Waals surface area contributed by atoms with E-state index < -0.39 is 0 Å². The van der Waals surface area contributed by atoms with Crippen molar-refractivity contribution in [2.24, 2.45) is 0 Å². The summed E-state index contributed by atoms with van der Waals surface area (Å²) in [6.07, 6.45) is 12.4. The lowest BCUT2D eigenvalue weighted by Crippen LogP contribution is -2.37. The van der Waals surface area contributed by atoms with Gasteiger partial charge in [0.15, 0.2) is 5.69 Å². The predicted molar refractivity (Wildman–Crippen MR) is 114 cm³/mol. The van der Waals surface area contributed by atoms with Gasteiger partial charge in [-0.05, 0) is 69.7 Å². The Bertz CT molecular complexity index is 808. The van der Waals surface area contributed by atoms with E-state index in [0.29, 0.717) is 11.7 Å². The summed E-state index contributed by atoms with van der Waals surface area (Å²) in [5.41, 5.74) is 4.48. The molecule has 1 aliphatic carbocycles. The number of rotatable bonds is 6. The fraction of sp³-hybridized carbons (Fsp3) is 0.609. The summed E-state index contributed by atoms with van der Waals surface area (Å²) in [5, 5.41) is 8.48. The van der Waals surface area contributed by atoms with Crippen molar-refractivity contribution in [1.29, 1.82) is 0 Å². The molecule has 1 fully saturated rings. The average molecular weight is 396 g/mol. The minimum atomic E-state index is 0.146. The van der Waals surface area contributed by atoms with Gasteiger partial charge in [0, 0.05) is 49.3 Å². The molecule has 1 N–H and O–H groups in total. The number of likely N-dealkylation sites (tertiary alicyclic amines) is 1. The first-order valence-electron chi connectivity index (χ1n) is 11.3. The van der Waals surface area contributed by atoms with Crippen LogP contribution in [0.15, 0.2) is 24.5 Å². The van der Waals surface area contributed by atoms with Crippen molar-refractivity contribution in [2.75, 3.05) is 19.6 Å². The third-order valence-electron chi connectivity index (χ3n) is 6.34. The van der Waals surface area contributed by atoms with Gasteiger partial charge in [-0.3, -0.25) is 14.5 Å². The summed E-state index contributed by atoms with van der Waals surface area (Å²) in [5.74, 6) is 0.146. The Labute approximate surface area is 173 Å². The van der Waals surface area contributed by atoms with E-state index in [9.17, 15) is 4.79 Å². The quantitative estimate of drug-likeness (QED) is 0.817. The van der Waals surface area contributed by atoms with Crippen LogP contribution >= 0.6 is 0 Å². The Hall–Kier alpha value is -2.21. The fourth-order valence-electron chi connectivity index (χ4n) is 4.69. The van der Waals surface area contributed by atoms with Gasteiger partial charge < -0.3 is 10.2 Å². The van der Waals surface area contributed by atoms with E-state index in [2.05, 4.69) is 34.0 Å². The van der Waals surface area contributed by atoms with Gasteiger partial charge in [0.25, 0.3) is 5.91 Å². The first-order valence-corrected chi connectivity index (χ1v) is 11.3. The second kappa shape index (κ2) is 9.53. The molecule has 6 nitrogen and oxygen atoms in total. The first-order chi connectivity index (χ1) is 14.3. The summed E-state index contributed by atoms with van der Waals surface area (Å²) in [4.78, 5) is 19.4. The minimum absolute atomic E-state index is 0.146. The number of nitrogens with one attached hydrogen (secondary N) is 1. The van der Waals surface area contributed by atoms with E-state index in [1.165, 1.54) is 29.7 Å². The van der Waals surface area contributed by atoms with Crippen molar-refractivity contribution < 1.29 is 4.79 Å². The Kier molecular flexibility index (Phi) is 6.60. The maximum absolute atomic E-state index is 13.3. The zero-order chi connectivity index (χ0) is 20.1. The molecule has 0 saturated carbocycles. The number of pyridine rings is 1. The molecular formula is C23H33N5O. The van der Waals surface area contributed by atoms with Crippen LogP contribution in [0.1, 0.15) is 66.3 Å². The van der Waals surface area contributed by atoms with Crippen LogP contribution in [0.25, 0.3) is 0 Å². The highest BCUT2D eigenvalue weighted by molar-refractivity contribution is 5.94. The van der Waals surface area contributed by atoms with Crippen LogP contribution in [0.4, 0.5) is 0 Å². The van der Waals surface area contributed by atoms with E-state index in [0.717, 1.165) is 64.7 Å². The third-order valence-corrected chi connectivity index (χ3v) is 6.34. The predicted octanol–water partition coefficient (Wildman–Crippen LogP) is 3.00. The van der Waals surface area contributed by atoms with Gasteiger partial charge in [0.05, 0.1) is 0 Å². The van der Waals surface area contributed by atoms with Crippen molar-refractivity contribution in [1.82, 2.24) is 25.0 Å². The molecule has 0 radical (unpaired) electrons. The van der Waals surface area contributed by atoms with Crippen molar-refractivity contribution in [3.63, 3.8) is 0 Å². The van der Waals surface area contributed by atoms with Crippen molar-refractivity contribution in [3.05, 3.63) is 47.0 Å². The molecular weight excluding hydrogens is 362 g/mol. The van der Waals surface area contributed by atoms with Crippen LogP contribution in [0, 0.1) is 0 Å². The van der Waals surface area contributed by atoms with Crippen LogP contribution in [-0.4, -0.2) is 51.2 Å². The van der Waals surface area contributed by atoms with Gasteiger partial charge in [-0.15, -0.1) is 0 Å². The molecule has 2 aliphatic rings. The van der Waals surface area contributed by atoms with Gasteiger partial charge in [-0.1, -0.05) is 12.8 Å². The van der Waals surface area contributed by atoms with Crippen molar-refractivity contribution in [3.8, 4) is 0 Å². The van der Waals surface area contributed by atoms with E-state index in [1.54, 1.807) is 0 Å². The summed E-state index contributed by atoms with van der Waals surface area (Å²) < 4.78 is 2.06. The molecule has 0 unspecified atom stereocenters. The molecule has 6 heteroatoms. The standard InChI is InChI=1S/C23H33N5O/c1-2-28-21-8-7-19(25-14-11-18-9-12-24-13-10-18)17-20(21)22(26-28)23(29)27-15-5-3-4-6-16-27/h9-10,12-13,19,25H,2-8,11,14-17H2,1H3/t19-/m0/s1. The van der Waals surface area contributed by atoms with Crippen molar-refractivity contribution in [2.45, 2.75) is 70.9 Å². The molecule has 1 amide bonds. The minimum Gasteiger partial charge on any atom is -0.337 e. The lowest BCUT2D eigenvalue weighted by atomic mass is 9.91. The van der Waals surface area contributed by atoms with Crippen LogP contribution in [0.2, 0.25) is 0 Å². The number of carbonyl (C=O) groups is 1. The number of nitrogens with zero attached hydrogens (tertiary/aromatic N) is 4. The molecule has 1 saturated heterocycles. The van der Waals surface area contributed by atoms with Crippen LogP contribution < -0.4 is 5.32 Å². The van der Waals surface area contributed by atoms with E-state index in [4.69, 9.17) is 5.10 Å². The van der Waals surface area contributed by atoms with Gasteiger partial charge in [0.1, 0.15) is 0 Å². The van der Waals surface area contributed by atoms with E-state index >= 15 is 0 Å². The Balaban J connectivity index is 1.44. The van der Waals surface area contributed by atoms with Crippen LogP contribution in [-0.2, 0) is 25.8 Å². The number of fused-ring (bicyclic) bond motifs is 1. The molecule has 1 atom stereocenters. The second-order valence-corrected chi connectivity index (χ2v) is 8.30. The molecule has 156 valence electrons. The summed E-state index contributed by atoms with van der Waals surface area (Å²) in [7, 11) is 0. The largest absolute Gasteiger partial charge is 0.337 e. The first kappa shape index (κ1) is 20.1. The SMILES string of the molecule is CCn1nc(C(=O)N2CCCCCC2)c2c1CC[C@H](NCCc1ccncc1)C2. The number of hydrogen-bond donors (Lipinski definition) is 1. The highest BCUT2D eigenvalue weighted by atomic mass is 16.2. The molecule has 3 heterocycles. The molecule has 0 spiro atoms. The monoisotopic (exact) mass is 395 g/mol. The summed E-state index contributed by atoms with van der Waals surface area (Å²) in [6, 6.07) is 4.56. The van der Waals surface area contributed by atoms with Crippen molar-refractivity contribution >= 4 is 5.91 Å². The number of aromatic nitrogens is 3. The number of amides is 1. The number of carbonyl (C=O) groups excluding carboxylic acids is 1. The van der Waals surface area contributed by atoms with Crippen LogP contribution in [0.5, 0.6) is 0 Å². The van der Waals surface area contributed by atoms with Gasteiger partial charge >= 0.3 is 0 Å². The fourth-order valence-corrected chi connectivity index (χ4v) is 4.69. The zero-order valence-electron chi connectivity index (χ0n) is 17.6.